The Labute approximate surface area is 311 Å². The molecule has 4 amide bonds. The molecule has 0 aliphatic rings. The largest absolute Gasteiger partial charge is 0.380 e. The molecule has 0 fully saturated rings. The third kappa shape index (κ3) is 7.61. The van der Waals surface area contributed by atoms with E-state index in [0.717, 1.165) is 0 Å². The maximum absolute atomic E-state index is 13.5. The Kier molecular flexibility index (Phi) is 11.4. The molecule has 0 radical (unpaired) electrons. The van der Waals surface area contributed by atoms with Crippen molar-refractivity contribution in [1.29, 1.82) is 0 Å². The Morgan fingerprint density at radius 1 is 0.741 bits per heavy atom. The van der Waals surface area contributed by atoms with E-state index in [4.69, 9.17) is 21.2 Å². The molecule has 0 saturated carbocycles. The zero-order chi connectivity index (χ0) is 38.0. The minimum atomic E-state index is -0.626. The van der Waals surface area contributed by atoms with Gasteiger partial charge in [-0.1, -0.05) is 19.6 Å². The van der Waals surface area contributed by atoms with Crippen LogP contribution in [0.25, 0.3) is 22.1 Å². The average Bonchev–Trinajstić information content (AvgIpc) is 3.88. The lowest BCUT2D eigenvalue weighted by Crippen LogP contribution is -2.20. The Hall–Kier alpha value is -6.62. The number of hydrogen-bond donors (Lipinski definition) is 4. The molecule has 0 aliphatic carbocycles. The van der Waals surface area contributed by atoms with E-state index in [-0.39, 0.29) is 50.1 Å². The fraction of sp³-hybridized carbons (Fsp3) is 0.297. The monoisotopic (exact) mass is 736 g/mol. The highest BCUT2D eigenvalue weighted by Gasteiger charge is 2.22. The van der Waals surface area contributed by atoms with Gasteiger partial charge in [0.2, 0.25) is 23.7 Å². The number of nitrogens with zero attached hydrogens (tertiary/aromatic N) is 8. The van der Waals surface area contributed by atoms with Crippen LogP contribution >= 0.6 is 0 Å². The highest BCUT2D eigenvalue weighted by molar-refractivity contribution is 6.05. The number of amides is 4. The van der Waals surface area contributed by atoms with E-state index < -0.39 is 23.6 Å². The van der Waals surface area contributed by atoms with Crippen LogP contribution in [0.5, 0.6) is 0 Å². The van der Waals surface area contributed by atoms with Gasteiger partial charge in [0.25, 0.3) is 11.8 Å². The number of anilines is 2. The van der Waals surface area contributed by atoms with Crippen LogP contribution in [0.4, 0.5) is 11.9 Å². The van der Waals surface area contributed by atoms with Crippen molar-refractivity contribution < 1.29 is 23.9 Å². The van der Waals surface area contributed by atoms with Crippen molar-refractivity contribution in [2.24, 2.45) is 11.5 Å². The number of methoxy groups -OCH3 is 1. The lowest BCUT2D eigenvalue weighted by molar-refractivity contribution is 0.0992. The molecule has 0 atom stereocenters. The fourth-order valence-electron chi connectivity index (χ4n) is 6.23. The summed E-state index contributed by atoms with van der Waals surface area (Å²) in [6.07, 6.45) is 3.75. The SMILES string of the molecule is C.CCn1nc(C)cc1C(=O)Nc1nc2cc(C(N)=O)ccc2n1C/C=C/Cn1c(NC(=O)c2cc(C)nn2CC)nc2cc(C(N)=O)cc(COC)c21. The number of primary amides is 2. The first-order valence-electron chi connectivity index (χ1n) is 16.9. The van der Waals surface area contributed by atoms with Gasteiger partial charge in [-0.3, -0.25) is 39.2 Å². The van der Waals surface area contributed by atoms with Crippen LogP contribution in [0, 0.1) is 13.8 Å². The number of nitrogens with one attached hydrogen (secondary N) is 2. The van der Waals surface area contributed by atoms with Gasteiger partial charge in [-0.05, 0) is 70.2 Å². The number of aryl methyl sites for hydroxylation is 4. The van der Waals surface area contributed by atoms with E-state index in [1.165, 1.54) is 7.11 Å². The van der Waals surface area contributed by atoms with Crippen LogP contribution in [-0.2, 0) is 37.5 Å². The summed E-state index contributed by atoms with van der Waals surface area (Å²) in [6, 6.07) is 11.5. The lowest BCUT2D eigenvalue weighted by Gasteiger charge is -2.12. The Morgan fingerprint density at radius 2 is 1.26 bits per heavy atom. The summed E-state index contributed by atoms with van der Waals surface area (Å²) in [7, 11) is 1.54. The highest BCUT2D eigenvalue weighted by atomic mass is 16.5. The number of hydrogen-bond acceptors (Lipinski definition) is 9. The zero-order valence-corrected chi connectivity index (χ0v) is 30.0. The molecule has 54 heavy (non-hydrogen) atoms. The Morgan fingerprint density at radius 3 is 1.80 bits per heavy atom. The molecule has 0 unspecified atom stereocenters. The van der Waals surface area contributed by atoms with E-state index in [1.807, 2.05) is 44.4 Å². The van der Waals surface area contributed by atoms with Crippen LogP contribution in [0.3, 0.4) is 0 Å². The second kappa shape index (κ2) is 16.0. The maximum atomic E-state index is 13.5. The number of fused-ring (bicyclic) bond motifs is 2. The van der Waals surface area contributed by atoms with Crippen LogP contribution in [0.1, 0.15) is 79.9 Å². The predicted molar refractivity (Wildman–Crippen MR) is 204 cm³/mol. The van der Waals surface area contributed by atoms with E-state index in [1.54, 1.807) is 56.4 Å². The lowest BCUT2D eigenvalue weighted by atomic mass is 10.1. The number of imidazole rings is 2. The average molecular weight is 737 g/mol. The Balaban J connectivity index is 0.00000561. The minimum Gasteiger partial charge on any atom is -0.380 e. The molecule has 4 aromatic heterocycles. The first kappa shape index (κ1) is 38.6. The first-order valence-corrected chi connectivity index (χ1v) is 16.9. The standard InChI is InChI=1S/C36H40N12O5.CH4/c1-6-47-28(14-20(3)43-47)33(51)41-35-39-25-17-22(31(37)49)10-11-27(25)45(35)12-8-9-13-46-30-24(19-53-5)16-23(32(38)50)18-26(30)40-36(46)42-34(52)29-15-21(4)44-48(29)7-2;/h8-11,14-18H,6-7,12-13,19H2,1-5H3,(H2,37,49)(H2,38,50)(H,39,41,51)(H,40,42,52);1H4/b9-8+;. The molecule has 0 aliphatic heterocycles. The van der Waals surface area contributed by atoms with Crippen LogP contribution in [-0.4, -0.2) is 69.4 Å². The number of aromatic nitrogens is 8. The fourth-order valence-corrected chi connectivity index (χ4v) is 6.23. The van der Waals surface area contributed by atoms with Crippen LogP contribution < -0.4 is 22.1 Å². The number of ether oxygens (including phenoxy) is 1. The van der Waals surface area contributed by atoms with Gasteiger partial charge in [-0.25, -0.2) is 9.97 Å². The van der Waals surface area contributed by atoms with Crippen molar-refractivity contribution >= 4 is 57.6 Å². The summed E-state index contributed by atoms with van der Waals surface area (Å²) in [4.78, 5) is 60.5. The van der Waals surface area contributed by atoms with Crippen molar-refractivity contribution in [1.82, 2.24) is 38.7 Å². The quantitative estimate of drug-likeness (QED) is 0.118. The summed E-state index contributed by atoms with van der Waals surface area (Å²) < 4.78 is 12.3. The number of carbonyl (C=O) groups is 4. The molecule has 282 valence electrons. The predicted octanol–water partition coefficient (Wildman–Crippen LogP) is 4.18. The summed E-state index contributed by atoms with van der Waals surface area (Å²) in [5.41, 5.74) is 16.7. The second-order valence-electron chi connectivity index (χ2n) is 12.3. The van der Waals surface area contributed by atoms with Crippen LogP contribution in [0.15, 0.2) is 54.6 Å². The van der Waals surface area contributed by atoms with Crippen molar-refractivity contribution in [2.45, 2.75) is 67.9 Å². The molecule has 6 N–H and O–H groups in total. The normalized spacial score (nSPS) is 11.4. The van der Waals surface area contributed by atoms with Gasteiger partial charge < -0.3 is 25.3 Å². The van der Waals surface area contributed by atoms with Crippen molar-refractivity contribution in [3.63, 3.8) is 0 Å². The van der Waals surface area contributed by atoms with Gasteiger partial charge in [0.15, 0.2) is 0 Å². The molecule has 0 saturated heterocycles. The molecule has 0 spiro atoms. The maximum Gasteiger partial charge on any atom is 0.276 e. The number of nitrogens with two attached hydrogens (primary N) is 2. The third-order valence-electron chi connectivity index (χ3n) is 8.60. The molecular formula is C37H44N12O5. The third-order valence-corrected chi connectivity index (χ3v) is 8.60. The number of rotatable bonds is 14. The van der Waals surface area contributed by atoms with Crippen LogP contribution in [0.2, 0.25) is 0 Å². The number of carbonyl (C=O) groups excluding carboxylic acids is 4. The molecule has 2 aromatic carbocycles. The van der Waals surface area contributed by atoms with E-state index in [0.29, 0.717) is 63.5 Å². The van der Waals surface area contributed by atoms with E-state index in [2.05, 4.69) is 25.8 Å². The van der Waals surface area contributed by atoms with Crippen molar-refractivity contribution in [2.75, 3.05) is 17.7 Å². The summed E-state index contributed by atoms with van der Waals surface area (Å²) in [6.45, 7) is 9.04. The van der Waals surface area contributed by atoms with Gasteiger partial charge >= 0.3 is 0 Å². The molecule has 6 aromatic rings. The molecule has 4 heterocycles. The second-order valence-corrected chi connectivity index (χ2v) is 12.3. The van der Waals surface area contributed by atoms with E-state index >= 15 is 0 Å². The molecule has 17 heteroatoms. The van der Waals surface area contributed by atoms with Crippen molar-refractivity contribution in [3.05, 3.63) is 94.1 Å². The summed E-state index contributed by atoms with van der Waals surface area (Å²) in [5, 5.41) is 14.6. The topological polar surface area (TPSA) is 225 Å². The highest BCUT2D eigenvalue weighted by Crippen LogP contribution is 2.27. The summed E-state index contributed by atoms with van der Waals surface area (Å²) >= 11 is 0. The van der Waals surface area contributed by atoms with E-state index in [9.17, 15) is 19.2 Å². The molecular weight excluding hydrogens is 692 g/mol. The van der Waals surface area contributed by atoms with Gasteiger partial charge in [0.05, 0.1) is 40.1 Å². The molecule has 0 bridgehead atoms. The summed E-state index contributed by atoms with van der Waals surface area (Å²) in [5.74, 6) is -1.54. The van der Waals surface area contributed by atoms with Gasteiger partial charge in [0.1, 0.15) is 11.4 Å². The van der Waals surface area contributed by atoms with Gasteiger partial charge in [-0.2, -0.15) is 10.2 Å². The molecule has 6 rings (SSSR count). The van der Waals surface area contributed by atoms with Crippen molar-refractivity contribution in [3.8, 4) is 0 Å². The Bertz CT molecular complexity index is 2430. The zero-order valence-electron chi connectivity index (χ0n) is 30.0. The number of benzene rings is 2. The first-order chi connectivity index (χ1) is 25.4. The van der Waals surface area contributed by atoms with Gasteiger partial charge in [-0.15, -0.1) is 0 Å². The number of allylic oxidation sites excluding steroid dienone is 2. The van der Waals surface area contributed by atoms with Gasteiger partial charge in [0, 0.05) is 50.0 Å². The smallest absolute Gasteiger partial charge is 0.276 e. The molecule has 17 nitrogen and oxygen atoms in total. The minimum absolute atomic E-state index is 0.